The number of likely N-dealkylation sites (tertiary alicyclic amines) is 1. The number of aliphatic carboxylic acids is 1. The number of hydrogen-bond acceptors (Lipinski definition) is 3. The zero-order chi connectivity index (χ0) is 13.0. The van der Waals surface area contributed by atoms with Crippen LogP contribution in [-0.4, -0.2) is 46.8 Å². The number of nitrogens with zero attached hydrogens (tertiary/aromatic N) is 1. The Labute approximate surface area is 109 Å². The molecule has 3 unspecified atom stereocenters. The zero-order valence-electron chi connectivity index (χ0n) is 11.1. The lowest BCUT2D eigenvalue weighted by Gasteiger charge is -2.24. The van der Waals surface area contributed by atoms with Crippen molar-refractivity contribution in [1.82, 2.24) is 4.90 Å². The summed E-state index contributed by atoms with van der Waals surface area (Å²) in [4.78, 5) is 13.6. The van der Waals surface area contributed by atoms with Crippen LogP contribution in [0.2, 0.25) is 0 Å². The molecule has 0 amide bonds. The van der Waals surface area contributed by atoms with E-state index in [1.807, 2.05) is 0 Å². The predicted octanol–water partition coefficient (Wildman–Crippen LogP) is 1.72. The van der Waals surface area contributed by atoms with Crippen molar-refractivity contribution in [2.24, 2.45) is 11.8 Å². The predicted molar refractivity (Wildman–Crippen MR) is 69.4 cm³/mol. The lowest BCUT2D eigenvalue weighted by Crippen LogP contribution is -2.40. The Kier molecular flexibility index (Phi) is 5.01. The van der Waals surface area contributed by atoms with Gasteiger partial charge in [0.2, 0.25) is 0 Å². The van der Waals surface area contributed by atoms with Crippen molar-refractivity contribution >= 4 is 5.97 Å². The number of hydrogen-bond donors (Lipinski definition) is 2. The van der Waals surface area contributed by atoms with E-state index in [0.717, 1.165) is 45.2 Å². The van der Waals surface area contributed by atoms with Crippen molar-refractivity contribution in [2.75, 3.05) is 19.7 Å². The highest BCUT2D eigenvalue weighted by Gasteiger charge is 2.47. The average Bonchev–Trinajstić information content (AvgIpc) is 2.87. The quantitative estimate of drug-likeness (QED) is 0.680. The lowest BCUT2D eigenvalue weighted by atomic mass is 9.94. The molecule has 1 heterocycles. The molecule has 2 aliphatic rings. The molecule has 2 N–H and O–H groups in total. The smallest absolute Gasteiger partial charge is 0.321 e. The molecule has 1 aliphatic heterocycles. The van der Waals surface area contributed by atoms with E-state index in [9.17, 15) is 9.90 Å². The molecule has 0 radical (unpaired) electrons. The topological polar surface area (TPSA) is 60.8 Å². The maximum atomic E-state index is 11.4. The molecule has 104 valence electrons. The maximum absolute atomic E-state index is 11.4. The summed E-state index contributed by atoms with van der Waals surface area (Å²) in [5.74, 6) is 0.406. The number of carboxylic acids is 1. The van der Waals surface area contributed by atoms with E-state index >= 15 is 0 Å². The molecule has 0 aromatic rings. The minimum absolute atomic E-state index is 0.227. The molecule has 1 saturated carbocycles. The summed E-state index contributed by atoms with van der Waals surface area (Å²) in [6.07, 6.45) is 7.60. The van der Waals surface area contributed by atoms with Crippen molar-refractivity contribution < 1.29 is 15.0 Å². The molecule has 1 aliphatic carbocycles. The Morgan fingerprint density at radius 3 is 2.67 bits per heavy atom. The Bertz CT molecular complexity index is 282. The normalized spacial score (nSPS) is 31.7. The second-order valence-electron chi connectivity index (χ2n) is 5.77. The van der Waals surface area contributed by atoms with Crippen LogP contribution in [-0.2, 0) is 4.79 Å². The van der Waals surface area contributed by atoms with Gasteiger partial charge in [-0.15, -0.1) is 0 Å². The summed E-state index contributed by atoms with van der Waals surface area (Å²) in [5.41, 5.74) is 0. The van der Waals surface area contributed by atoms with Crippen LogP contribution < -0.4 is 0 Å². The van der Waals surface area contributed by atoms with Crippen molar-refractivity contribution in [3.63, 3.8) is 0 Å². The van der Waals surface area contributed by atoms with Gasteiger partial charge >= 0.3 is 5.97 Å². The summed E-state index contributed by atoms with van der Waals surface area (Å²) in [5, 5.41) is 18.1. The van der Waals surface area contributed by atoms with E-state index in [0.29, 0.717) is 11.8 Å². The summed E-state index contributed by atoms with van der Waals surface area (Å²) < 4.78 is 0. The third-order valence-electron chi connectivity index (χ3n) is 4.59. The number of rotatable bonds is 7. The number of unbranched alkanes of at least 4 members (excludes halogenated alkanes) is 3. The second kappa shape index (κ2) is 6.53. The van der Waals surface area contributed by atoms with Gasteiger partial charge in [-0.1, -0.05) is 19.3 Å². The standard InChI is InChI=1S/C14H25NO3/c16-9-4-2-1-3-8-15-10-11-6-5-7-12(11)13(15)14(17)18/h11-13,16H,1-10H2,(H,17,18). The lowest BCUT2D eigenvalue weighted by molar-refractivity contribution is -0.143. The van der Waals surface area contributed by atoms with E-state index in [4.69, 9.17) is 5.11 Å². The molecule has 3 atom stereocenters. The number of carboxylic acid groups (broad SMARTS) is 1. The first-order valence-corrected chi connectivity index (χ1v) is 7.31. The fourth-order valence-corrected chi connectivity index (χ4v) is 3.74. The number of aliphatic hydroxyl groups excluding tert-OH is 1. The monoisotopic (exact) mass is 255 g/mol. The van der Waals surface area contributed by atoms with E-state index in [1.54, 1.807) is 0 Å². The van der Waals surface area contributed by atoms with Crippen LogP contribution >= 0.6 is 0 Å². The first-order valence-electron chi connectivity index (χ1n) is 7.31. The number of aliphatic hydroxyl groups is 1. The first-order chi connectivity index (χ1) is 8.74. The van der Waals surface area contributed by atoms with Gasteiger partial charge in [-0.2, -0.15) is 0 Å². The zero-order valence-corrected chi connectivity index (χ0v) is 11.1. The first kappa shape index (κ1) is 13.8. The largest absolute Gasteiger partial charge is 0.480 e. The molecule has 18 heavy (non-hydrogen) atoms. The van der Waals surface area contributed by atoms with Gasteiger partial charge in [-0.25, -0.2) is 0 Å². The molecule has 0 spiro atoms. The van der Waals surface area contributed by atoms with Crippen molar-refractivity contribution in [1.29, 1.82) is 0 Å². The van der Waals surface area contributed by atoms with Gasteiger partial charge in [-0.3, -0.25) is 9.69 Å². The molecular formula is C14H25NO3. The van der Waals surface area contributed by atoms with Crippen LogP contribution in [0.4, 0.5) is 0 Å². The van der Waals surface area contributed by atoms with Crippen molar-refractivity contribution in [2.45, 2.75) is 51.0 Å². The third kappa shape index (κ3) is 3.04. The van der Waals surface area contributed by atoms with Crippen LogP contribution in [0, 0.1) is 11.8 Å². The van der Waals surface area contributed by atoms with Gasteiger partial charge in [0.15, 0.2) is 0 Å². The molecular weight excluding hydrogens is 230 g/mol. The summed E-state index contributed by atoms with van der Waals surface area (Å²) in [7, 11) is 0. The van der Waals surface area contributed by atoms with Crippen LogP contribution in [0.25, 0.3) is 0 Å². The summed E-state index contributed by atoms with van der Waals surface area (Å²) in [6.45, 7) is 2.17. The minimum atomic E-state index is -0.625. The highest BCUT2D eigenvalue weighted by molar-refractivity contribution is 5.74. The maximum Gasteiger partial charge on any atom is 0.321 e. The molecule has 1 saturated heterocycles. The Hall–Kier alpha value is -0.610. The van der Waals surface area contributed by atoms with E-state index in [2.05, 4.69) is 4.90 Å². The molecule has 4 nitrogen and oxygen atoms in total. The molecule has 0 bridgehead atoms. The van der Waals surface area contributed by atoms with Gasteiger partial charge in [0.25, 0.3) is 0 Å². The van der Waals surface area contributed by atoms with Gasteiger partial charge in [0.05, 0.1) is 0 Å². The third-order valence-corrected chi connectivity index (χ3v) is 4.59. The van der Waals surface area contributed by atoms with Crippen molar-refractivity contribution in [3.05, 3.63) is 0 Å². The fraction of sp³-hybridized carbons (Fsp3) is 0.929. The molecule has 0 aromatic carbocycles. The van der Waals surface area contributed by atoms with E-state index < -0.39 is 5.97 Å². The van der Waals surface area contributed by atoms with Crippen LogP contribution in [0.5, 0.6) is 0 Å². The van der Waals surface area contributed by atoms with Gasteiger partial charge in [0, 0.05) is 13.2 Å². The highest BCUT2D eigenvalue weighted by Crippen LogP contribution is 2.42. The van der Waals surface area contributed by atoms with Gasteiger partial charge in [0.1, 0.15) is 6.04 Å². The Morgan fingerprint density at radius 2 is 1.94 bits per heavy atom. The Balaban J connectivity index is 1.78. The van der Waals surface area contributed by atoms with Crippen LogP contribution in [0.15, 0.2) is 0 Å². The Morgan fingerprint density at radius 1 is 1.17 bits per heavy atom. The van der Waals surface area contributed by atoms with Crippen molar-refractivity contribution in [3.8, 4) is 0 Å². The van der Waals surface area contributed by atoms with Gasteiger partial charge < -0.3 is 10.2 Å². The van der Waals surface area contributed by atoms with E-state index in [1.165, 1.54) is 12.8 Å². The molecule has 2 fully saturated rings. The summed E-state index contributed by atoms with van der Waals surface area (Å²) >= 11 is 0. The van der Waals surface area contributed by atoms with Crippen LogP contribution in [0.1, 0.15) is 44.9 Å². The fourth-order valence-electron chi connectivity index (χ4n) is 3.74. The molecule has 4 heteroatoms. The molecule has 2 rings (SSSR count). The number of fused-ring (bicyclic) bond motifs is 1. The average molecular weight is 255 g/mol. The van der Waals surface area contributed by atoms with Crippen LogP contribution in [0.3, 0.4) is 0 Å². The SMILES string of the molecule is O=C(O)C1C2CCCC2CN1CCCCCCO. The molecule has 0 aromatic heterocycles. The highest BCUT2D eigenvalue weighted by atomic mass is 16.4. The minimum Gasteiger partial charge on any atom is -0.480 e. The second-order valence-corrected chi connectivity index (χ2v) is 5.77. The number of carbonyl (C=O) groups is 1. The summed E-state index contributed by atoms with van der Waals surface area (Å²) in [6, 6.07) is -0.227. The van der Waals surface area contributed by atoms with Gasteiger partial charge in [-0.05, 0) is 44.1 Å². The van der Waals surface area contributed by atoms with E-state index in [-0.39, 0.29) is 12.6 Å².